The lowest BCUT2D eigenvalue weighted by Gasteiger charge is -2.38. The number of nitrogens with zero attached hydrogens (tertiary/aromatic N) is 4. The van der Waals surface area contributed by atoms with Gasteiger partial charge in [0.05, 0.1) is 23.8 Å². The average Bonchev–Trinajstić information content (AvgIpc) is 2.95. The SMILES string of the molecule is COc1cc2ncnc(Nc3ccc(F)c(Cl)c3)c2cc1O[C@H]1CC[C@H](N(C)C(=O)N2CCCCC2)CC1. The maximum Gasteiger partial charge on any atom is 0.319 e. The number of likely N-dealkylation sites (tertiary alicyclic amines) is 1. The molecule has 1 saturated heterocycles. The fourth-order valence-electron chi connectivity index (χ4n) is 5.32. The summed E-state index contributed by atoms with van der Waals surface area (Å²) in [7, 11) is 3.53. The van der Waals surface area contributed by atoms with Crippen LogP contribution in [-0.4, -0.2) is 65.2 Å². The van der Waals surface area contributed by atoms with Crippen LogP contribution in [-0.2, 0) is 0 Å². The molecular formula is C28H33ClFN5O3. The molecule has 1 saturated carbocycles. The molecule has 3 aromatic rings. The number of amides is 2. The Labute approximate surface area is 227 Å². The molecule has 1 aliphatic carbocycles. The van der Waals surface area contributed by atoms with Crippen molar-refractivity contribution in [3.8, 4) is 11.5 Å². The molecule has 0 atom stereocenters. The van der Waals surface area contributed by atoms with E-state index in [0.717, 1.165) is 57.0 Å². The molecule has 0 bridgehead atoms. The van der Waals surface area contributed by atoms with E-state index in [2.05, 4.69) is 15.3 Å². The van der Waals surface area contributed by atoms with Gasteiger partial charge >= 0.3 is 6.03 Å². The van der Waals surface area contributed by atoms with Crippen molar-refractivity contribution in [3.63, 3.8) is 0 Å². The molecular weight excluding hydrogens is 509 g/mol. The Balaban J connectivity index is 1.28. The number of carbonyl (C=O) groups is 1. The topological polar surface area (TPSA) is 79.8 Å². The summed E-state index contributed by atoms with van der Waals surface area (Å²) in [6.45, 7) is 1.72. The fourth-order valence-corrected chi connectivity index (χ4v) is 5.50. The number of carbonyl (C=O) groups excluding carboxylic acids is 1. The van der Waals surface area contributed by atoms with Gasteiger partial charge < -0.3 is 24.6 Å². The van der Waals surface area contributed by atoms with Crippen molar-refractivity contribution in [2.75, 3.05) is 32.6 Å². The number of methoxy groups -OCH3 is 1. The molecule has 5 rings (SSSR count). The summed E-state index contributed by atoms with van der Waals surface area (Å²) < 4.78 is 25.7. The summed E-state index contributed by atoms with van der Waals surface area (Å²) in [6, 6.07) is 8.48. The smallest absolute Gasteiger partial charge is 0.319 e. The van der Waals surface area contributed by atoms with Crippen molar-refractivity contribution in [1.82, 2.24) is 19.8 Å². The molecule has 1 N–H and O–H groups in total. The number of hydrogen-bond acceptors (Lipinski definition) is 6. The highest BCUT2D eigenvalue weighted by Gasteiger charge is 2.30. The molecule has 0 radical (unpaired) electrons. The van der Waals surface area contributed by atoms with E-state index in [9.17, 15) is 9.18 Å². The van der Waals surface area contributed by atoms with Gasteiger partial charge in [-0.15, -0.1) is 0 Å². The minimum Gasteiger partial charge on any atom is -0.493 e. The van der Waals surface area contributed by atoms with Crippen LogP contribution in [0.1, 0.15) is 44.9 Å². The third-order valence-electron chi connectivity index (χ3n) is 7.52. The van der Waals surface area contributed by atoms with Gasteiger partial charge in [-0.2, -0.15) is 0 Å². The lowest BCUT2D eigenvalue weighted by atomic mass is 9.92. The maximum absolute atomic E-state index is 13.6. The van der Waals surface area contributed by atoms with Crippen LogP contribution in [0, 0.1) is 5.82 Å². The van der Waals surface area contributed by atoms with E-state index in [0.29, 0.717) is 28.5 Å². The Morgan fingerprint density at radius 2 is 1.84 bits per heavy atom. The van der Waals surface area contributed by atoms with Crippen LogP contribution in [0.25, 0.3) is 10.9 Å². The third kappa shape index (κ3) is 5.72. The zero-order valence-electron chi connectivity index (χ0n) is 21.8. The van der Waals surface area contributed by atoms with E-state index < -0.39 is 5.82 Å². The van der Waals surface area contributed by atoms with Gasteiger partial charge in [-0.1, -0.05) is 11.6 Å². The van der Waals surface area contributed by atoms with Crippen molar-refractivity contribution >= 4 is 40.0 Å². The number of benzene rings is 2. The highest BCUT2D eigenvalue weighted by Crippen LogP contribution is 2.37. The number of ether oxygens (including phenoxy) is 2. The van der Waals surface area contributed by atoms with E-state index in [4.69, 9.17) is 21.1 Å². The summed E-state index contributed by atoms with van der Waals surface area (Å²) in [6.07, 6.45) is 8.31. The Hall–Kier alpha value is -3.33. The van der Waals surface area contributed by atoms with Crippen LogP contribution in [0.5, 0.6) is 11.5 Å². The first-order chi connectivity index (χ1) is 18.4. The number of piperidine rings is 1. The summed E-state index contributed by atoms with van der Waals surface area (Å²) >= 11 is 5.95. The lowest BCUT2D eigenvalue weighted by Crippen LogP contribution is -2.49. The first kappa shape index (κ1) is 26.3. The zero-order valence-corrected chi connectivity index (χ0v) is 22.5. The highest BCUT2D eigenvalue weighted by molar-refractivity contribution is 6.31. The van der Waals surface area contributed by atoms with Gasteiger partial charge in [0.15, 0.2) is 11.5 Å². The highest BCUT2D eigenvalue weighted by atomic mass is 35.5. The Morgan fingerprint density at radius 3 is 2.55 bits per heavy atom. The van der Waals surface area contributed by atoms with Gasteiger partial charge in [-0.05, 0) is 69.2 Å². The lowest BCUT2D eigenvalue weighted by molar-refractivity contribution is 0.0910. The van der Waals surface area contributed by atoms with Gasteiger partial charge in [-0.25, -0.2) is 19.2 Å². The van der Waals surface area contributed by atoms with Gasteiger partial charge in [0.2, 0.25) is 0 Å². The van der Waals surface area contributed by atoms with Crippen LogP contribution in [0.15, 0.2) is 36.7 Å². The molecule has 0 spiro atoms. The van der Waals surface area contributed by atoms with Crippen LogP contribution >= 0.6 is 11.6 Å². The van der Waals surface area contributed by atoms with Crippen LogP contribution < -0.4 is 14.8 Å². The molecule has 202 valence electrons. The predicted octanol–water partition coefficient (Wildman–Crippen LogP) is 6.40. The summed E-state index contributed by atoms with van der Waals surface area (Å²) in [4.78, 5) is 25.6. The minimum atomic E-state index is -0.484. The van der Waals surface area contributed by atoms with Crippen molar-refractivity contribution in [3.05, 3.63) is 47.5 Å². The maximum atomic E-state index is 13.6. The van der Waals surface area contributed by atoms with E-state index in [1.165, 1.54) is 24.9 Å². The second-order valence-corrected chi connectivity index (χ2v) is 10.4. The molecule has 38 heavy (non-hydrogen) atoms. The van der Waals surface area contributed by atoms with Crippen molar-refractivity contribution in [2.24, 2.45) is 0 Å². The number of anilines is 2. The molecule has 2 amide bonds. The van der Waals surface area contributed by atoms with Gasteiger partial charge in [0.25, 0.3) is 0 Å². The molecule has 1 aromatic heterocycles. The molecule has 0 unspecified atom stereocenters. The predicted molar refractivity (Wildman–Crippen MR) is 146 cm³/mol. The van der Waals surface area contributed by atoms with Gasteiger partial charge in [-0.3, -0.25) is 0 Å². The average molecular weight is 542 g/mol. The quantitative estimate of drug-likeness (QED) is 0.389. The summed E-state index contributed by atoms with van der Waals surface area (Å²) in [5.41, 5.74) is 1.29. The molecule has 2 heterocycles. The monoisotopic (exact) mass is 541 g/mol. The molecule has 10 heteroatoms. The second-order valence-electron chi connectivity index (χ2n) is 9.99. The molecule has 2 aromatic carbocycles. The van der Waals surface area contributed by atoms with Crippen molar-refractivity contribution in [1.29, 1.82) is 0 Å². The third-order valence-corrected chi connectivity index (χ3v) is 7.81. The van der Waals surface area contributed by atoms with E-state index >= 15 is 0 Å². The number of hydrogen-bond donors (Lipinski definition) is 1. The number of aromatic nitrogens is 2. The zero-order chi connectivity index (χ0) is 26.6. The number of nitrogens with one attached hydrogen (secondary N) is 1. The number of urea groups is 1. The van der Waals surface area contributed by atoms with Crippen molar-refractivity contribution < 1.29 is 18.7 Å². The second kappa shape index (κ2) is 11.6. The normalized spacial score (nSPS) is 19.7. The molecule has 2 aliphatic rings. The summed E-state index contributed by atoms with van der Waals surface area (Å²) in [5.74, 6) is 1.26. The first-order valence-corrected chi connectivity index (χ1v) is 13.5. The van der Waals surface area contributed by atoms with Crippen LogP contribution in [0.2, 0.25) is 5.02 Å². The number of rotatable bonds is 6. The standard InChI is InChI=1S/C28H33ClFN5O3/c1-34(28(36)35-12-4-3-5-13-35)19-7-9-20(10-8-19)38-26-15-21-24(16-25(26)37-2)31-17-32-27(21)33-18-6-11-23(30)22(29)14-18/h6,11,14-17,19-20H,3-5,7-10,12-13H2,1-2H3,(H,31,32,33)/t19-,20-. The fraction of sp³-hybridized carbons (Fsp3) is 0.464. The number of halogens is 2. The van der Waals surface area contributed by atoms with Gasteiger partial charge in [0.1, 0.15) is 18.0 Å². The van der Waals surface area contributed by atoms with Crippen molar-refractivity contribution in [2.45, 2.75) is 57.1 Å². The molecule has 2 fully saturated rings. The Morgan fingerprint density at radius 1 is 1.08 bits per heavy atom. The molecule has 1 aliphatic heterocycles. The first-order valence-electron chi connectivity index (χ1n) is 13.2. The largest absolute Gasteiger partial charge is 0.493 e. The Bertz CT molecular complexity index is 1290. The van der Waals surface area contributed by atoms with E-state index in [-0.39, 0.29) is 23.2 Å². The Kier molecular flexibility index (Phi) is 8.02. The van der Waals surface area contributed by atoms with Crippen LogP contribution in [0.3, 0.4) is 0 Å². The molecule has 8 nitrogen and oxygen atoms in total. The minimum absolute atomic E-state index is 0.00744. The van der Waals surface area contributed by atoms with E-state index in [1.807, 2.05) is 29.0 Å². The summed E-state index contributed by atoms with van der Waals surface area (Å²) in [5, 5.41) is 3.97. The van der Waals surface area contributed by atoms with E-state index in [1.54, 1.807) is 13.2 Å². The van der Waals surface area contributed by atoms with Gasteiger partial charge in [0, 0.05) is 43.3 Å². The number of fused-ring (bicyclic) bond motifs is 1. The van der Waals surface area contributed by atoms with Crippen LogP contribution in [0.4, 0.5) is 20.7 Å².